The van der Waals surface area contributed by atoms with Crippen LogP contribution in [0.15, 0.2) is 12.2 Å². The van der Waals surface area contributed by atoms with Crippen molar-refractivity contribution in [3.8, 4) is 0 Å². The molecule has 4 bridgehead atoms. The Hall–Kier alpha value is -0.830. The number of carbonyl (C=O) groups excluding carboxylic acids is 1. The average molecular weight is 192 g/mol. The monoisotopic (exact) mass is 192 g/mol. The van der Waals surface area contributed by atoms with E-state index in [0.29, 0.717) is 17.8 Å². The van der Waals surface area contributed by atoms with E-state index in [1.165, 1.54) is 0 Å². The van der Waals surface area contributed by atoms with E-state index in [4.69, 9.17) is 9.47 Å². The first-order valence-corrected chi connectivity index (χ1v) is 5.31. The summed E-state index contributed by atoms with van der Waals surface area (Å²) in [6, 6.07) is 0. The van der Waals surface area contributed by atoms with Gasteiger partial charge in [-0.25, -0.2) is 0 Å². The number of carbonyl (C=O) groups is 1. The summed E-state index contributed by atoms with van der Waals surface area (Å²) < 4.78 is 11.3. The van der Waals surface area contributed by atoms with Crippen LogP contribution in [0.2, 0.25) is 0 Å². The van der Waals surface area contributed by atoms with Crippen molar-refractivity contribution in [1.82, 2.24) is 0 Å². The fourth-order valence-electron chi connectivity index (χ4n) is 3.80. The van der Waals surface area contributed by atoms with E-state index < -0.39 is 0 Å². The number of fused-ring (bicyclic) bond motifs is 1. The van der Waals surface area contributed by atoms with E-state index in [0.717, 1.165) is 0 Å². The molecule has 1 saturated carbocycles. The summed E-state index contributed by atoms with van der Waals surface area (Å²) in [5.41, 5.74) is 0. The van der Waals surface area contributed by atoms with Gasteiger partial charge in [0.1, 0.15) is 6.10 Å². The normalized spacial score (nSPS) is 62.1. The summed E-state index contributed by atoms with van der Waals surface area (Å²) in [5, 5.41) is 0. The Kier molecular flexibility index (Phi) is 1.10. The smallest absolute Gasteiger partial charge is 0.310 e. The minimum Gasteiger partial charge on any atom is -0.459 e. The summed E-state index contributed by atoms with van der Waals surface area (Å²) in [4.78, 5) is 11.7. The number of allylic oxidation sites excluding steroid dienone is 1. The summed E-state index contributed by atoms with van der Waals surface area (Å²) in [6.07, 6.45) is 4.69. The van der Waals surface area contributed by atoms with Crippen LogP contribution in [0.5, 0.6) is 0 Å². The molecule has 3 heteroatoms. The van der Waals surface area contributed by atoms with Crippen molar-refractivity contribution in [2.75, 3.05) is 0 Å². The van der Waals surface area contributed by atoms with E-state index in [2.05, 4.69) is 19.1 Å². The third kappa shape index (κ3) is 0.592. The average Bonchev–Trinajstić information content (AvgIpc) is 2.65. The van der Waals surface area contributed by atoms with E-state index in [-0.39, 0.29) is 30.2 Å². The van der Waals surface area contributed by atoms with E-state index >= 15 is 0 Å². The molecule has 2 aliphatic carbocycles. The van der Waals surface area contributed by atoms with Crippen LogP contribution < -0.4 is 0 Å². The molecule has 0 unspecified atom stereocenters. The highest BCUT2D eigenvalue weighted by molar-refractivity contribution is 5.76. The van der Waals surface area contributed by atoms with Crippen LogP contribution in [-0.4, -0.2) is 24.3 Å². The van der Waals surface area contributed by atoms with E-state index in [1.54, 1.807) is 0 Å². The maximum Gasteiger partial charge on any atom is 0.310 e. The molecule has 0 aromatic rings. The van der Waals surface area contributed by atoms with Crippen molar-refractivity contribution in [3.05, 3.63) is 12.2 Å². The molecular weight excluding hydrogens is 180 g/mol. The van der Waals surface area contributed by atoms with E-state index in [9.17, 15) is 4.79 Å². The molecule has 3 nitrogen and oxygen atoms in total. The zero-order valence-corrected chi connectivity index (χ0v) is 7.92. The molecule has 7 atom stereocenters. The van der Waals surface area contributed by atoms with Crippen LogP contribution in [0.3, 0.4) is 0 Å². The standard InChI is InChI=1S/C11H12O3/c1-4-7-5-2-3-6-8(5)10(9(4)13-6)14-11(7)12/h2-10H,1H3/t4-,5-,6-,7+,8+,9+,10+/m0/s1. The number of esters is 1. The molecule has 5 rings (SSSR count). The molecule has 5 aliphatic rings. The largest absolute Gasteiger partial charge is 0.459 e. The maximum absolute atomic E-state index is 11.7. The van der Waals surface area contributed by atoms with Gasteiger partial charge in [-0.3, -0.25) is 4.79 Å². The lowest BCUT2D eigenvalue weighted by Gasteiger charge is -2.46. The van der Waals surface area contributed by atoms with Crippen LogP contribution in [0.4, 0.5) is 0 Å². The molecule has 14 heavy (non-hydrogen) atoms. The molecule has 0 N–H and O–H groups in total. The maximum atomic E-state index is 11.7. The molecule has 0 radical (unpaired) electrons. The Morgan fingerprint density at radius 3 is 3.00 bits per heavy atom. The third-order valence-electron chi connectivity index (χ3n) is 4.39. The highest BCUT2D eigenvalue weighted by Crippen LogP contribution is 2.56. The van der Waals surface area contributed by atoms with Crippen LogP contribution in [0, 0.1) is 23.7 Å². The van der Waals surface area contributed by atoms with Gasteiger partial charge in [-0.05, 0) is 11.8 Å². The van der Waals surface area contributed by atoms with Gasteiger partial charge in [0.25, 0.3) is 0 Å². The number of hydrogen-bond acceptors (Lipinski definition) is 3. The zero-order valence-electron chi connectivity index (χ0n) is 7.92. The molecule has 0 aromatic heterocycles. The summed E-state index contributed by atoms with van der Waals surface area (Å²) >= 11 is 0. The Bertz CT molecular complexity index is 348. The van der Waals surface area contributed by atoms with Crippen molar-refractivity contribution in [1.29, 1.82) is 0 Å². The quantitative estimate of drug-likeness (QED) is 0.419. The summed E-state index contributed by atoms with van der Waals surface area (Å²) in [7, 11) is 0. The highest BCUT2D eigenvalue weighted by atomic mass is 16.6. The van der Waals surface area contributed by atoms with Crippen molar-refractivity contribution in [3.63, 3.8) is 0 Å². The Balaban J connectivity index is 1.90. The second-order valence-corrected chi connectivity index (χ2v) is 4.89. The van der Waals surface area contributed by atoms with Crippen molar-refractivity contribution < 1.29 is 14.3 Å². The fraction of sp³-hybridized carbons (Fsp3) is 0.727. The molecule has 0 amide bonds. The van der Waals surface area contributed by atoms with Gasteiger partial charge in [0.2, 0.25) is 0 Å². The van der Waals surface area contributed by atoms with Crippen molar-refractivity contribution in [2.24, 2.45) is 23.7 Å². The minimum atomic E-state index is -0.00389. The number of ether oxygens (including phenoxy) is 2. The zero-order chi connectivity index (χ0) is 9.45. The topological polar surface area (TPSA) is 35.5 Å². The van der Waals surface area contributed by atoms with Crippen LogP contribution >= 0.6 is 0 Å². The lowest BCUT2D eigenvalue weighted by Crippen LogP contribution is -2.57. The van der Waals surface area contributed by atoms with Gasteiger partial charge < -0.3 is 9.47 Å². The van der Waals surface area contributed by atoms with Gasteiger partial charge in [0, 0.05) is 5.92 Å². The minimum absolute atomic E-state index is 0.00389. The Labute approximate surface area is 82.1 Å². The van der Waals surface area contributed by atoms with Gasteiger partial charge in [-0.15, -0.1) is 0 Å². The van der Waals surface area contributed by atoms with Crippen LogP contribution in [0.1, 0.15) is 6.92 Å². The SMILES string of the molecule is C[C@@H]1[C@H]2O[C@H]3C=C[C@H]4[C@@H]1C(=O)O[C@@H]2[C@H]43. The number of hydrogen-bond donors (Lipinski definition) is 0. The molecule has 3 aliphatic heterocycles. The summed E-state index contributed by atoms with van der Waals surface area (Å²) in [5.74, 6) is 1.20. The van der Waals surface area contributed by atoms with Crippen molar-refractivity contribution in [2.45, 2.75) is 25.2 Å². The third-order valence-corrected chi connectivity index (χ3v) is 4.39. The van der Waals surface area contributed by atoms with Gasteiger partial charge in [-0.1, -0.05) is 19.1 Å². The second kappa shape index (κ2) is 2.06. The predicted molar refractivity (Wildman–Crippen MR) is 47.3 cm³/mol. The van der Waals surface area contributed by atoms with Gasteiger partial charge >= 0.3 is 5.97 Å². The summed E-state index contributed by atoms with van der Waals surface area (Å²) in [6.45, 7) is 2.12. The molecular formula is C11H12O3. The van der Waals surface area contributed by atoms with Gasteiger partial charge in [0.15, 0.2) is 0 Å². The van der Waals surface area contributed by atoms with Gasteiger partial charge in [0.05, 0.1) is 18.1 Å². The van der Waals surface area contributed by atoms with Gasteiger partial charge in [-0.2, -0.15) is 0 Å². The Morgan fingerprint density at radius 1 is 1.29 bits per heavy atom. The first-order valence-electron chi connectivity index (χ1n) is 5.31. The van der Waals surface area contributed by atoms with E-state index in [1.807, 2.05) is 0 Å². The Morgan fingerprint density at radius 2 is 2.14 bits per heavy atom. The van der Waals surface area contributed by atoms with Crippen LogP contribution in [0.25, 0.3) is 0 Å². The highest BCUT2D eigenvalue weighted by Gasteiger charge is 2.66. The number of rotatable bonds is 0. The molecule has 74 valence electrons. The molecule has 0 spiro atoms. The lowest BCUT2D eigenvalue weighted by molar-refractivity contribution is -0.193. The van der Waals surface area contributed by atoms with Crippen LogP contribution in [-0.2, 0) is 14.3 Å². The van der Waals surface area contributed by atoms with Crippen molar-refractivity contribution >= 4 is 5.97 Å². The molecule has 4 fully saturated rings. The first-order chi connectivity index (χ1) is 6.77. The first kappa shape index (κ1) is 7.46. The second-order valence-electron chi connectivity index (χ2n) is 4.89. The predicted octanol–water partition coefficient (Wildman–Crippen LogP) is 0.747. The molecule has 3 heterocycles. The molecule has 3 saturated heterocycles. The molecule has 0 aromatic carbocycles. The fourth-order valence-corrected chi connectivity index (χ4v) is 3.80. The lowest BCUT2D eigenvalue weighted by atomic mass is 9.64.